The molecule has 3 aromatic rings. The van der Waals surface area contributed by atoms with E-state index < -0.39 is 29.4 Å². The molecule has 6 heteroatoms. The summed E-state index contributed by atoms with van der Waals surface area (Å²) in [6, 6.07) is 13.3. The molecule has 204 valence electrons. The highest BCUT2D eigenvalue weighted by molar-refractivity contribution is 5.65. The molecule has 1 aliphatic rings. The quantitative estimate of drug-likeness (QED) is 0.266. The van der Waals surface area contributed by atoms with Gasteiger partial charge in [-0.15, -0.1) is 0 Å². The fourth-order valence-corrected chi connectivity index (χ4v) is 5.58. The Bertz CT molecular complexity index is 1220. The molecular formula is C32H36F4O2. The Kier molecular flexibility index (Phi) is 9.48. The second-order valence-electron chi connectivity index (χ2n) is 10.3. The van der Waals surface area contributed by atoms with Crippen LogP contribution in [0.2, 0.25) is 0 Å². The maximum atomic E-state index is 15.2. The molecule has 1 fully saturated rings. The van der Waals surface area contributed by atoms with Crippen molar-refractivity contribution in [2.24, 2.45) is 5.92 Å². The van der Waals surface area contributed by atoms with Crippen LogP contribution in [0.4, 0.5) is 17.6 Å². The lowest BCUT2D eigenvalue weighted by molar-refractivity contribution is 0.166. The van der Waals surface area contributed by atoms with E-state index in [9.17, 15) is 13.9 Å². The number of hydrogen-bond donors (Lipinski definition) is 1. The number of aliphatic hydroxyl groups excluding tert-OH is 1. The average Bonchev–Trinajstić information content (AvgIpc) is 2.93. The van der Waals surface area contributed by atoms with Crippen molar-refractivity contribution < 1.29 is 27.4 Å². The number of rotatable bonds is 10. The summed E-state index contributed by atoms with van der Waals surface area (Å²) < 4.78 is 64.0. The molecule has 3 aromatic carbocycles. The Morgan fingerprint density at radius 1 is 0.816 bits per heavy atom. The minimum atomic E-state index is -0.945. The molecular weight excluding hydrogens is 492 g/mol. The first-order chi connectivity index (χ1) is 18.3. The first kappa shape index (κ1) is 28.2. The zero-order valence-electron chi connectivity index (χ0n) is 22.1. The SMILES string of the molecule is CCCC(O)c1ccc(-c2ccc(C3CCC(CCc4ccc(OCC)c(F)c4F)CC3)c(F)c2F)cc1. The molecule has 1 atom stereocenters. The van der Waals surface area contributed by atoms with Gasteiger partial charge < -0.3 is 9.84 Å². The Balaban J connectivity index is 1.37. The number of ether oxygens (including phenoxy) is 1. The summed E-state index contributed by atoms with van der Waals surface area (Å²) in [5.41, 5.74) is 2.28. The molecule has 0 spiro atoms. The lowest BCUT2D eigenvalue weighted by Gasteiger charge is -2.29. The predicted octanol–water partition coefficient (Wildman–Crippen LogP) is 9.05. The van der Waals surface area contributed by atoms with Crippen LogP contribution in [0.15, 0.2) is 48.5 Å². The maximum absolute atomic E-state index is 15.2. The van der Waals surface area contributed by atoms with Crippen LogP contribution >= 0.6 is 0 Å². The van der Waals surface area contributed by atoms with Crippen LogP contribution in [0.5, 0.6) is 5.75 Å². The monoisotopic (exact) mass is 528 g/mol. The highest BCUT2D eigenvalue weighted by Crippen LogP contribution is 2.40. The number of aryl methyl sites for hydroxylation is 1. The summed E-state index contributed by atoms with van der Waals surface area (Å²) in [4.78, 5) is 0. The Hall–Kier alpha value is -2.86. The first-order valence-corrected chi connectivity index (χ1v) is 13.7. The summed E-state index contributed by atoms with van der Waals surface area (Å²) in [7, 11) is 0. The van der Waals surface area contributed by atoms with Gasteiger partial charge in [0.05, 0.1) is 12.7 Å². The van der Waals surface area contributed by atoms with Crippen molar-refractivity contribution in [3.05, 3.63) is 88.5 Å². The van der Waals surface area contributed by atoms with Gasteiger partial charge in [-0.2, -0.15) is 4.39 Å². The molecule has 1 saturated carbocycles. The topological polar surface area (TPSA) is 29.5 Å². The average molecular weight is 529 g/mol. The second kappa shape index (κ2) is 12.8. The number of hydrogen-bond acceptors (Lipinski definition) is 2. The van der Waals surface area contributed by atoms with Crippen LogP contribution in [0, 0.1) is 29.2 Å². The molecule has 0 aromatic heterocycles. The summed E-state index contributed by atoms with van der Waals surface area (Å²) in [5.74, 6) is -3.26. The van der Waals surface area contributed by atoms with Crippen LogP contribution in [-0.2, 0) is 6.42 Å². The zero-order valence-corrected chi connectivity index (χ0v) is 22.1. The minimum absolute atomic E-state index is 0.0685. The van der Waals surface area contributed by atoms with Gasteiger partial charge >= 0.3 is 0 Å². The molecule has 0 radical (unpaired) electrons. The molecule has 2 nitrogen and oxygen atoms in total. The highest BCUT2D eigenvalue weighted by Gasteiger charge is 2.27. The predicted molar refractivity (Wildman–Crippen MR) is 142 cm³/mol. The summed E-state index contributed by atoms with van der Waals surface area (Å²) >= 11 is 0. The zero-order chi connectivity index (χ0) is 27.2. The van der Waals surface area contributed by atoms with Crippen molar-refractivity contribution >= 4 is 0 Å². The molecule has 0 heterocycles. The van der Waals surface area contributed by atoms with E-state index in [-0.39, 0.29) is 23.8 Å². The van der Waals surface area contributed by atoms with Crippen molar-refractivity contribution in [1.82, 2.24) is 0 Å². The maximum Gasteiger partial charge on any atom is 0.200 e. The summed E-state index contributed by atoms with van der Waals surface area (Å²) in [5, 5.41) is 10.2. The number of aliphatic hydroxyl groups is 1. The molecule has 0 amide bonds. The van der Waals surface area contributed by atoms with Crippen molar-refractivity contribution in [2.75, 3.05) is 6.61 Å². The van der Waals surface area contributed by atoms with Crippen LogP contribution in [0.25, 0.3) is 11.1 Å². The molecule has 0 bridgehead atoms. The van der Waals surface area contributed by atoms with Gasteiger partial charge in [0, 0.05) is 5.56 Å². The van der Waals surface area contributed by atoms with Crippen LogP contribution in [0.1, 0.15) is 87.5 Å². The lowest BCUT2D eigenvalue weighted by Crippen LogP contribution is -2.16. The lowest BCUT2D eigenvalue weighted by atomic mass is 9.76. The van der Waals surface area contributed by atoms with E-state index in [0.29, 0.717) is 35.4 Å². The van der Waals surface area contributed by atoms with Gasteiger partial charge in [-0.05, 0) is 92.0 Å². The number of benzene rings is 3. The van der Waals surface area contributed by atoms with E-state index in [1.807, 2.05) is 6.92 Å². The van der Waals surface area contributed by atoms with E-state index in [4.69, 9.17) is 4.74 Å². The van der Waals surface area contributed by atoms with Crippen molar-refractivity contribution in [3.8, 4) is 16.9 Å². The second-order valence-corrected chi connectivity index (χ2v) is 10.3. The number of halogens is 4. The van der Waals surface area contributed by atoms with Crippen LogP contribution in [0.3, 0.4) is 0 Å². The Morgan fingerprint density at radius 3 is 2.18 bits per heavy atom. The summed E-state index contributed by atoms with van der Waals surface area (Å²) in [6.07, 6.45) is 5.20. The summed E-state index contributed by atoms with van der Waals surface area (Å²) in [6.45, 7) is 3.98. The molecule has 38 heavy (non-hydrogen) atoms. The Morgan fingerprint density at radius 2 is 1.53 bits per heavy atom. The molecule has 1 aliphatic carbocycles. The molecule has 4 rings (SSSR count). The van der Waals surface area contributed by atoms with Crippen LogP contribution in [-0.4, -0.2) is 11.7 Å². The minimum Gasteiger partial charge on any atom is -0.491 e. The third-order valence-corrected chi connectivity index (χ3v) is 7.82. The standard InChI is InChI=1S/C32H36F4O2/c1-3-5-27(37)23-14-12-22(13-15-23)26-18-17-25(30(34)31(26)35)21-9-6-20(7-10-21)8-11-24-16-19-28(38-4-2)32(36)29(24)33/h12-21,27,37H,3-11H2,1-2H3. The van der Waals surface area contributed by atoms with Gasteiger partial charge in [0.25, 0.3) is 0 Å². The van der Waals surface area contributed by atoms with Gasteiger partial charge in [-0.3, -0.25) is 0 Å². The van der Waals surface area contributed by atoms with E-state index in [0.717, 1.165) is 44.1 Å². The van der Waals surface area contributed by atoms with Gasteiger partial charge in [-0.1, -0.05) is 55.8 Å². The van der Waals surface area contributed by atoms with Gasteiger partial charge in [0.2, 0.25) is 5.82 Å². The van der Waals surface area contributed by atoms with E-state index >= 15 is 8.78 Å². The van der Waals surface area contributed by atoms with Gasteiger partial charge in [0.15, 0.2) is 23.2 Å². The fraction of sp³-hybridized carbons (Fsp3) is 0.438. The van der Waals surface area contributed by atoms with Crippen molar-refractivity contribution in [2.45, 2.75) is 77.2 Å². The third-order valence-electron chi connectivity index (χ3n) is 7.82. The van der Waals surface area contributed by atoms with Crippen LogP contribution < -0.4 is 4.74 Å². The largest absolute Gasteiger partial charge is 0.491 e. The normalized spacial score (nSPS) is 18.4. The molecule has 0 aliphatic heterocycles. The fourth-order valence-electron chi connectivity index (χ4n) is 5.58. The first-order valence-electron chi connectivity index (χ1n) is 13.7. The molecule has 1 N–H and O–H groups in total. The van der Waals surface area contributed by atoms with E-state index in [2.05, 4.69) is 0 Å². The third kappa shape index (κ3) is 6.23. The Labute approximate surface area is 222 Å². The van der Waals surface area contributed by atoms with E-state index in [1.54, 1.807) is 49.4 Å². The van der Waals surface area contributed by atoms with Gasteiger partial charge in [0.1, 0.15) is 0 Å². The smallest absolute Gasteiger partial charge is 0.200 e. The molecule has 0 saturated heterocycles. The highest BCUT2D eigenvalue weighted by atomic mass is 19.2. The van der Waals surface area contributed by atoms with Crippen molar-refractivity contribution in [3.63, 3.8) is 0 Å². The van der Waals surface area contributed by atoms with Gasteiger partial charge in [-0.25, -0.2) is 13.2 Å². The van der Waals surface area contributed by atoms with Crippen molar-refractivity contribution in [1.29, 1.82) is 0 Å². The van der Waals surface area contributed by atoms with E-state index in [1.165, 1.54) is 6.07 Å². The molecule has 1 unspecified atom stereocenters.